The van der Waals surface area contributed by atoms with E-state index in [1.54, 1.807) is 12.1 Å². The van der Waals surface area contributed by atoms with Gasteiger partial charge in [-0.3, -0.25) is 4.79 Å². The second-order valence-corrected chi connectivity index (χ2v) is 6.32. The molecule has 0 bridgehead atoms. The third kappa shape index (κ3) is 1.61. The smallest absolute Gasteiger partial charge is 0.420 e. The summed E-state index contributed by atoms with van der Waals surface area (Å²) in [6, 6.07) is 8.95. The topological polar surface area (TPSA) is 38.8 Å². The summed E-state index contributed by atoms with van der Waals surface area (Å²) in [5.41, 5.74) is -1.82. The lowest BCUT2D eigenvalue weighted by molar-refractivity contribution is -0.212. The van der Waals surface area contributed by atoms with Crippen LogP contribution in [0.2, 0.25) is 0 Å². The van der Waals surface area contributed by atoms with Crippen molar-refractivity contribution in [2.75, 3.05) is 13.3 Å². The molecule has 0 aliphatic carbocycles. The predicted molar refractivity (Wildman–Crippen MR) is 80.6 cm³/mol. The number of nitrogens with zero attached hydrogens (tertiary/aromatic N) is 1. The number of alkyl halides is 3. The maximum absolute atomic E-state index is 14.5. The molecule has 1 unspecified atom stereocenters. The Morgan fingerprint density at radius 3 is 2.52 bits per heavy atom. The first-order chi connectivity index (χ1) is 11.9. The molecule has 0 N–H and O–H groups in total. The fraction of sp³-hybridized carbons (Fsp3) is 0.278. The molecule has 0 spiro atoms. The van der Waals surface area contributed by atoms with Crippen LogP contribution in [0.1, 0.15) is 27.0 Å². The molecule has 0 saturated carbocycles. The van der Waals surface area contributed by atoms with E-state index in [0.29, 0.717) is 17.7 Å². The number of fused-ring (bicyclic) bond motifs is 6. The molecule has 5 rings (SSSR count). The Morgan fingerprint density at radius 1 is 1.04 bits per heavy atom. The van der Waals surface area contributed by atoms with Crippen LogP contribution in [0.3, 0.4) is 0 Å². The number of carbonyl (C=O) groups excluding carboxylic acids is 1. The van der Waals surface area contributed by atoms with Gasteiger partial charge in [-0.15, -0.1) is 0 Å². The van der Waals surface area contributed by atoms with Gasteiger partial charge in [0.2, 0.25) is 6.79 Å². The Kier molecular flexibility index (Phi) is 2.62. The number of hydrogen-bond acceptors (Lipinski definition) is 3. The minimum atomic E-state index is -4.67. The fourth-order valence-electron chi connectivity index (χ4n) is 4.21. The summed E-state index contributed by atoms with van der Waals surface area (Å²) in [5.74, 6) is 0.138. The summed E-state index contributed by atoms with van der Waals surface area (Å²) in [6.45, 7) is -0.0177. The number of ether oxygens (including phenoxy) is 2. The number of halogens is 3. The monoisotopic (exact) mass is 347 g/mol. The predicted octanol–water partition coefficient (Wildman–Crippen LogP) is 3.23. The van der Waals surface area contributed by atoms with Crippen LogP contribution >= 0.6 is 0 Å². The maximum Gasteiger partial charge on any atom is 0.420 e. The van der Waals surface area contributed by atoms with Crippen LogP contribution in [0.4, 0.5) is 13.2 Å². The molecule has 0 radical (unpaired) electrons. The molecule has 2 aromatic carbocycles. The van der Waals surface area contributed by atoms with Crippen LogP contribution in [0.25, 0.3) is 0 Å². The molecule has 4 nitrogen and oxygen atoms in total. The van der Waals surface area contributed by atoms with Crippen molar-refractivity contribution in [2.45, 2.75) is 18.1 Å². The molecule has 128 valence electrons. The maximum atomic E-state index is 14.5. The van der Waals surface area contributed by atoms with Crippen molar-refractivity contribution < 1.29 is 27.4 Å². The molecule has 0 saturated heterocycles. The number of carbonyl (C=O) groups is 1. The second kappa shape index (κ2) is 4.47. The van der Waals surface area contributed by atoms with Gasteiger partial charge in [0.15, 0.2) is 17.0 Å². The molecule has 25 heavy (non-hydrogen) atoms. The zero-order valence-corrected chi connectivity index (χ0v) is 12.9. The molecule has 1 atom stereocenters. The Balaban J connectivity index is 1.89. The lowest BCUT2D eigenvalue weighted by Gasteiger charge is -2.45. The molecule has 2 aromatic rings. The van der Waals surface area contributed by atoms with Crippen molar-refractivity contribution in [3.05, 3.63) is 58.7 Å². The van der Waals surface area contributed by atoms with E-state index in [0.717, 1.165) is 4.90 Å². The molecule has 3 aliphatic rings. The Hall–Kier alpha value is -2.70. The SMILES string of the molecule is O=C1c2ccccc2C2(C(F)(F)F)c3cc4c(cc3CCN12)OCO4. The number of benzene rings is 2. The van der Waals surface area contributed by atoms with E-state index in [9.17, 15) is 18.0 Å². The first-order valence-electron chi connectivity index (χ1n) is 7.86. The van der Waals surface area contributed by atoms with Gasteiger partial charge in [0, 0.05) is 17.7 Å². The largest absolute Gasteiger partial charge is 0.454 e. The zero-order valence-electron chi connectivity index (χ0n) is 12.9. The molecule has 0 fully saturated rings. The van der Waals surface area contributed by atoms with Crippen molar-refractivity contribution in [2.24, 2.45) is 0 Å². The highest BCUT2D eigenvalue weighted by Crippen LogP contribution is 2.57. The molecular formula is C18H12F3NO3. The van der Waals surface area contributed by atoms with Crippen LogP contribution < -0.4 is 9.47 Å². The molecule has 3 heterocycles. The highest BCUT2D eigenvalue weighted by molar-refractivity contribution is 6.01. The molecule has 1 amide bonds. The highest BCUT2D eigenvalue weighted by Gasteiger charge is 2.68. The summed E-state index contributed by atoms with van der Waals surface area (Å²) in [4.78, 5) is 13.6. The van der Waals surface area contributed by atoms with E-state index in [2.05, 4.69) is 0 Å². The van der Waals surface area contributed by atoms with Gasteiger partial charge < -0.3 is 14.4 Å². The Labute approximate surface area is 140 Å². The third-order valence-corrected chi connectivity index (χ3v) is 5.20. The van der Waals surface area contributed by atoms with Gasteiger partial charge in [0.25, 0.3) is 5.91 Å². The average Bonchev–Trinajstić information content (AvgIpc) is 3.14. The Bertz CT molecular complexity index is 924. The summed E-state index contributed by atoms with van der Waals surface area (Å²) in [5, 5.41) is 0. The van der Waals surface area contributed by atoms with E-state index < -0.39 is 17.6 Å². The lowest BCUT2D eigenvalue weighted by Crippen LogP contribution is -2.58. The molecular weight excluding hydrogens is 335 g/mol. The summed E-state index contributed by atoms with van der Waals surface area (Å²) >= 11 is 0. The molecule has 7 heteroatoms. The lowest BCUT2D eigenvalue weighted by atomic mass is 9.76. The number of hydrogen-bond donors (Lipinski definition) is 0. The second-order valence-electron chi connectivity index (χ2n) is 6.32. The van der Waals surface area contributed by atoms with Gasteiger partial charge in [-0.1, -0.05) is 18.2 Å². The van der Waals surface area contributed by atoms with Gasteiger partial charge in [0.1, 0.15) is 0 Å². The van der Waals surface area contributed by atoms with Gasteiger partial charge in [-0.2, -0.15) is 13.2 Å². The van der Waals surface area contributed by atoms with Crippen LogP contribution in [0, 0.1) is 0 Å². The van der Waals surface area contributed by atoms with Crippen LogP contribution in [-0.2, 0) is 12.0 Å². The first kappa shape index (κ1) is 14.6. The van der Waals surface area contributed by atoms with Gasteiger partial charge >= 0.3 is 6.18 Å². The zero-order chi connectivity index (χ0) is 17.4. The summed E-state index contributed by atoms with van der Waals surface area (Å²) in [7, 11) is 0. The van der Waals surface area contributed by atoms with Crippen molar-refractivity contribution in [3.63, 3.8) is 0 Å². The number of amides is 1. The van der Waals surface area contributed by atoms with Crippen molar-refractivity contribution >= 4 is 5.91 Å². The highest BCUT2D eigenvalue weighted by atomic mass is 19.4. The van der Waals surface area contributed by atoms with Gasteiger partial charge in [0.05, 0.1) is 0 Å². The minimum Gasteiger partial charge on any atom is -0.454 e. The van der Waals surface area contributed by atoms with Crippen LogP contribution in [0.15, 0.2) is 36.4 Å². The average molecular weight is 347 g/mol. The fourth-order valence-corrected chi connectivity index (χ4v) is 4.21. The van der Waals surface area contributed by atoms with E-state index in [4.69, 9.17) is 9.47 Å². The van der Waals surface area contributed by atoms with E-state index in [1.807, 2.05) is 0 Å². The quantitative estimate of drug-likeness (QED) is 0.734. The van der Waals surface area contributed by atoms with Gasteiger partial charge in [-0.05, 0) is 35.7 Å². The standard InChI is InChI=1S/C18H12F3NO3/c19-18(20,21)17-12-4-2-1-3-11(12)16(23)22(17)6-5-10-7-14-15(8-13(10)17)25-9-24-14/h1-4,7-8H,5-6,9H2. The van der Waals surface area contributed by atoms with Crippen LogP contribution in [0.5, 0.6) is 11.5 Å². The van der Waals surface area contributed by atoms with Crippen molar-refractivity contribution in [1.29, 1.82) is 0 Å². The Morgan fingerprint density at radius 2 is 1.76 bits per heavy atom. The minimum absolute atomic E-state index is 0.000330. The van der Waals surface area contributed by atoms with Gasteiger partial charge in [-0.25, -0.2) is 0 Å². The van der Waals surface area contributed by atoms with Crippen molar-refractivity contribution in [1.82, 2.24) is 4.90 Å². The summed E-state index contributed by atoms with van der Waals surface area (Å²) < 4.78 is 54.1. The first-order valence-corrected chi connectivity index (χ1v) is 7.86. The summed E-state index contributed by atoms with van der Waals surface area (Å²) in [6.07, 6.45) is -4.33. The van der Waals surface area contributed by atoms with E-state index >= 15 is 0 Å². The normalized spacial score (nSPS) is 23.3. The molecule has 3 aliphatic heterocycles. The van der Waals surface area contributed by atoms with Crippen molar-refractivity contribution in [3.8, 4) is 11.5 Å². The molecule has 0 aromatic heterocycles. The van der Waals surface area contributed by atoms with E-state index in [1.165, 1.54) is 24.3 Å². The van der Waals surface area contributed by atoms with Crippen LogP contribution in [-0.4, -0.2) is 30.3 Å². The van der Waals surface area contributed by atoms with E-state index in [-0.39, 0.29) is 35.8 Å². The third-order valence-electron chi connectivity index (χ3n) is 5.20. The number of rotatable bonds is 0.